The molecule has 1 aromatic carbocycles. The molecule has 2 atom stereocenters. The van der Waals surface area contributed by atoms with Crippen LogP contribution in [0.25, 0.3) is 6.08 Å². The number of ether oxygens (including phenoxy) is 2. The number of rotatable bonds is 6. The van der Waals surface area contributed by atoms with Crippen molar-refractivity contribution < 1.29 is 14.3 Å². The van der Waals surface area contributed by atoms with Crippen molar-refractivity contribution >= 4 is 12.0 Å². The number of carbonyl (C=O) groups is 1. The predicted octanol–water partition coefficient (Wildman–Crippen LogP) is 3.02. The lowest BCUT2D eigenvalue weighted by molar-refractivity contribution is -0.118. The summed E-state index contributed by atoms with van der Waals surface area (Å²) in [5.74, 6) is 0.660. The first kappa shape index (κ1) is 20.5. The predicted molar refractivity (Wildman–Crippen MR) is 105 cm³/mol. The monoisotopic (exact) mass is 360 g/mol. The van der Waals surface area contributed by atoms with Crippen LogP contribution >= 0.6 is 0 Å². The largest absolute Gasteiger partial charge is 0.496 e. The summed E-state index contributed by atoms with van der Waals surface area (Å²) in [4.78, 5) is 14.7. The second-order valence-electron chi connectivity index (χ2n) is 7.77. The fourth-order valence-electron chi connectivity index (χ4n) is 3.30. The molecule has 0 saturated carbocycles. The van der Waals surface area contributed by atoms with Gasteiger partial charge in [-0.05, 0) is 52.8 Å². The van der Waals surface area contributed by atoms with E-state index in [0.717, 1.165) is 30.0 Å². The van der Waals surface area contributed by atoms with Crippen molar-refractivity contribution in [1.82, 2.24) is 10.2 Å². The third kappa shape index (κ3) is 5.58. The topological polar surface area (TPSA) is 50.8 Å². The summed E-state index contributed by atoms with van der Waals surface area (Å²) in [7, 11) is 1.63. The molecule has 1 saturated heterocycles. The lowest BCUT2D eigenvalue weighted by Crippen LogP contribution is -2.58. The van der Waals surface area contributed by atoms with Gasteiger partial charge in [0.05, 0.1) is 19.3 Å². The van der Waals surface area contributed by atoms with Crippen molar-refractivity contribution in [3.05, 3.63) is 35.4 Å². The maximum Gasteiger partial charge on any atom is 0.244 e. The molecule has 1 fully saturated rings. The van der Waals surface area contributed by atoms with E-state index < -0.39 is 0 Å². The highest BCUT2D eigenvalue weighted by molar-refractivity contribution is 5.92. The molecule has 5 nitrogen and oxygen atoms in total. The fraction of sp³-hybridized carbons (Fsp3) is 0.571. The summed E-state index contributed by atoms with van der Waals surface area (Å²) in [5, 5.41) is 3.02. The van der Waals surface area contributed by atoms with Crippen LogP contribution in [0.5, 0.6) is 5.75 Å². The Labute approximate surface area is 157 Å². The van der Waals surface area contributed by atoms with Gasteiger partial charge in [0.25, 0.3) is 0 Å². The molecular formula is C21H32N2O3. The molecule has 1 heterocycles. The zero-order chi connectivity index (χ0) is 19.3. The second kappa shape index (κ2) is 8.69. The van der Waals surface area contributed by atoms with E-state index in [1.165, 1.54) is 0 Å². The standard InChI is InChI=1S/C21H32N2O3/c1-15-7-9-19(25-6)18(11-15)8-10-20(24)22-14-21(4,5)23-12-16(2)26-17(3)13-23/h7-11,16-17H,12-14H2,1-6H3,(H,22,24)/b10-8+. The van der Waals surface area contributed by atoms with E-state index in [4.69, 9.17) is 9.47 Å². The normalized spacial score (nSPS) is 21.8. The molecule has 0 spiro atoms. The molecule has 144 valence electrons. The van der Waals surface area contributed by atoms with Gasteiger partial charge < -0.3 is 14.8 Å². The van der Waals surface area contributed by atoms with Crippen molar-refractivity contribution in [1.29, 1.82) is 0 Å². The average molecular weight is 360 g/mol. The average Bonchev–Trinajstić information content (AvgIpc) is 2.57. The van der Waals surface area contributed by atoms with Crippen molar-refractivity contribution in [2.24, 2.45) is 0 Å². The number of methoxy groups -OCH3 is 1. The van der Waals surface area contributed by atoms with E-state index in [0.29, 0.717) is 6.54 Å². The lowest BCUT2D eigenvalue weighted by atomic mass is 10.00. The first-order valence-electron chi connectivity index (χ1n) is 9.22. The van der Waals surface area contributed by atoms with Crippen LogP contribution in [-0.4, -0.2) is 55.3 Å². The number of hydrogen-bond acceptors (Lipinski definition) is 4. The minimum atomic E-state index is -0.128. The molecule has 0 bridgehead atoms. The van der Waals surface area contributed by atoms with Crippen LogP contribution in [-0.2, 0) is 9.53 Å². The molecule has 5 heteroatoms. The van der Waals surface area contributed by atoms with Crippen LogP contribution in [0.2, 0.25) is 0 Å². The Morgan fingerprint density at radius 1 is 1.35 bits per heavy atom. The number of nitrogens with zero attached hydrogens (tertiary/aromatic N) is 1. The van der Waals surface area contributed by atoms with E-state index in [2.05, 4.69) is 37.9 Å². The Bertz CT molecular complexity index is 645. The Hall–Kier alpha value is -1.85. The van der Waals surface area contributed by atoms with Crippen LogP contribution in [0, 0.1) is 6.92 Å². The highest BCUT2D eigenvalue weighted by atomic mass is 16.5. The van der Waals surface area contributed by atoms with E-state index in [1.54, 1.807) is 19.3 Å². The zero-order valence-electron chi connectivity index (χ0n) is 16.8. The van der Waals surface area contributed by atoms with E-state index in [9.17, 15) is 4.79 Å². The molecule has 2 rings (SSSR count). The number of hydrogen-bond donors (Lipinski definition) is 1. The summed E-state index contributed by atoms with van der Waals surface area (Å²) in [6.07, 6.45) is 3.79. The number of carbonyl (C=O) groups excluding carboxylic acids is 1. The summed E-state index contributed by atoms with van der Waals surface area (Å²) in [5.41, 5.74) is 1.90. The SMILES string of the molecule is COc1ccc(C)cc1/C=C/C(=O)NCC(C)(C)N1CC(C)OC(C)C1. The number of nitrogens with one attached hydrogen (secondary N) is 1. The number of amides is 1. The number of aryl methyl sites for hydroxylation is 1. The molecular weight excluding hydrogens is 328 g/mol. The first-order chi connectivity index (χ1) is 12.2. The molecule has 0 radical (unpaired) electrons. The Morgan fingerprint density at radius 2 is 2.00 bits per heavy atom. The molecule has 1 aromatic rings. The van der Waals surface area contributed by atoms with Gasteiger partial charge in [-0.25, -0.2) is 0 Å². The molecule has 26 heavy (non-hydrogen) atoms. The van der Waals surface area contributed by atoms with Gasteiger partial charge in [0, 0.05) is 36.8 Å². The maximum absolute atomic E-state index is 12.3. The van der Waals surface area contributed by atoms with Crippen molar-refractivity contribution in [2.75, 3.05) is 26.7 Å². The fourth-order valence-corrected chi connectivity index (χ4v) is 3.30. The van der Waals surface area contributed by atoms with Gasteiger partial charge in [-0.1, -0.05) is 11.6 Å². The minimum absolute atomic E-state index is 0.101. The summed E-state index contributed by atoms with van der Waals surface area (Å²) >= 11 is 0. The van der Waals surface area contributed by atoms with Crippen LogP contribution in [0.4, 0.5) is 0 Å². The Balaban J connectivity index is 1.94. The molecule has 1 aliphatic rings. The molecule has 0 aromatic heterocycles. The minimum Gasteiger partial charge on any atom is -0.496 e. The quantitative estimate of drug-likeness (QED) is 0.793. The number of benzene rings is 1. The smallest absolute Gasteiger partial charge is 0.244 e. The van der Waals surface area contributed by atoms with Crippen molar-refractivity contribution in [2.45, 2.75) is 52.4 Å². The van der Waals surface area contributed by atoms with Crippen molar-refractivity contribution in [3.63, 3.8) is 0 Å². The molecule has 1 N–H and O–H groups in total. The van der Waals surface area contributed by atoms with Gasteiger partial charge in [0.15, 0.2) is 0 Å². The molecule has 2 unspecified atom stereocenters. The van der Waals surface area contributed by atoms with Gasteiger partial charge >= 0.3 is 0 Å². The van der Waals surface area contributed by atoms with Gasteiger partial charge in [-0.3, -0.25) is 9.69 Å². The van der Waals surface area contributed by atoms with Crippen molar-refractivity contribution in [3.8, 4) is 5.75 Å². The van der Waals surface area contributed by atoms with Gasteiger partial charge in [0.1, 0.15) is 5.75 Å². The summed E-state index contributed by atoms with van der Waals surface area (Å²) < 4.78 is 11.1. The third-order valence-corrected chi connectivity index (χ3v) is 4.77. The highest BCUT2D eigenvalue weighted by Gasteiger charge is 2.33. The number of morpholine rings is 1. The van der Waals surface area contributed by atoms with Crippen LogP contribution in [0.3, 0.4) is 0 Å². The lowest BCUT2D eigenvalue weighted by Gasteiger charge is -2.45. The Morgan fingerprint density at radius 3 is 2.62 bits per heavy atom. The summed E-state index contributed by atoms with van der Waals surface area (Å²) in [6, 6.07) is 5.91. The van der Waals surface area contributed by atoms with Crippen LogP contribution < -0.4 is 10.1 Å². The molecule has 1 amide bonds. The summed E-state index contributed by atoms with van der Waals surface area (Å²) in [6.45, 7) is 12.9. The third-order valence-electron chi connectivity index (χ3n) is 4.77. The van der Waals surface area contributed by atoms with Crippen LogP contribution in [0.15, 0.2) is 24.3 Å². The maximum atomic E-state index is 12.3. The zero-order valence-corrected chi connectivity index (χ0v) is 16.8. The Kier molecular flexibility index (Phi) is 6.84. The first-order valence-corrected chi connectivity index (χ1v) is 9.22. The van der Waals surface area contributed by atoms with E-state index in [1.807, 2.05) is 25.1 Å². The highest BCUT2D eigenvalue weighted by Crippen LogP contribution is 2.22. The molecule has 0 aliphatic carbocycles. The van der Waals surface area contributed by atoms with Gasteiger partial charge in [0.2, 0.25) is 5.91 Å². The molecule has 1 aliphatic heterocycles. The second-order valence-corrected chi connectivity index (χ2v) is 7.77. The van der Waals surface area contributed by atoms with E-state index in [-0.39, 0.29) is 23.7 Å². The van der Waals surface area contributed by atoms with E-state index >= 15 is 0 Å². The van der Waals surface area contributed by atoms with Crippen LogP contribution in [0.1, 0.15) is 38.8 Å². The van der Waals surface area contributed by atoms with Gasteiger partial charge in [-0.2, -0.15) is 0 Å². The van der Waals surface area contributed by atoms with Gasteiger partial charge in [-0.15, -0.1) is 0 Å².